The predicted octanol–water partition coefficient (Wildman–Crippen LogP) is 1.21. The molecule has 0 aromatic heterocycles. The van der Waals surface area contributed by atoms with E-state index in [-0.39, 0.29) is 0 Å². The van der Waals surface area contributed by atoms with Gasteiger partial charge in [-0.3, -0.25) is 0 Å². The molecule has 0 spiro atoms. The molecule has 2 N–H and O–H groups in total. The Balaban J connectivity index is 1.74. The van der Waals surface area contributed by atoms with Gasteiger partial charge in [-0.15, -0.1) is 0 Å². The van der Waals surface area contributed by atoms with Crippen LogP contribution in [0.4, 0.5) is 0 Å². The first-order valence-electron chi connectivity index (χ1n) is 5.34. The van der Waals surface area contributed by atoms with Gasteiger partial charge in [0.05, 0.1) is 0 Å². The molecular weight excluding hydrogens is 148 g/mol. The molecule has 2 fully saturated rings. The summed E-state index contributed by atoms with van der Waals surface area (Å²) in [5.41, 5.74) is 5.65. The summed E-state index contributed by atoms with van der Waals surface area (Å²) < 4.78 is 0. The van der Waals surface area contributed by atoms with Crippen LogP contribution in [0.5, 0.6) is 0 Å². The van der Waals surface area contributed by atoms with E-state index in [2.05, 4.69) is 4.90 Å². The zero-order chi connectivity index (χ0) is 8.39. The van der Waals surface area contributed by atoms with Gasteiger partial charge in [-0.25, -0.2) is 0 Å². The van der Waals surface area contributed by atoms with Crippen LogP contribution >= 0.6 is 0 Å². The maximum absolute atomic E-state index is 5.65. The number of hydrogen-bond acceptors (Lipinski definition) is 2. The first-order chi connectivity index (χ1) is 5.90. The van der Waals surface area contributed by atoms with Crippen LogP contribution < -0.4 is 5.73 Å². The highest BCUT2D eigenvalue weighted by Gasteiger charge is 2.27. The molecule has 1 saturated carbocycles. The van der Waals surface area contributed by atoms with Crippen molar-refractivity contribution in [3.8, 4) is 0 Å². The maximum Gasteiger partial charge on any atom is 0.00952 e. The average Bonchev–Trinajstić information content (AvgIpc) is 2.03. The third-order valence-electron chi connectivity index (χ3n) is 3.57. The van der Waals surface area contributed by atoms with Crippen molar-refractivity contribution >= 4 is 0 Å². The van der Waals surface area contributed by atoms with Crippen molar-refractivity contribution in [3.05, 3.63) is 0 Å². The van der Waals surface area contributed by atoms with Crippen LogP contribution in [0.2, 0.25) is 0 Å². The molecule has 12 heavy (non-hydrogen) atoms. The highest BCUT2D eigenvalue weighted by molar-refractivity contribution is 4.83. The zero-order valence-electron chi connectivity index (χ0n) is 7.84. The molecule has 2 heteroatoms. The highest BCUT2D eigenvalue weighted by atomic mass is 15.2. The van der Waals surface area contributed by atoms with E-state index in [0.717, 1.165) is 18.5 Å². The van der Waals surface area contributed by atoms with Gasteiger partial charge in [0.1, 0.15) is 0 Å². The van der Waals surface area contributed by atoms with Crippen LogP contribution in [0.1, 0.15) is 32.1 Å². The SMILES string of the molecule is NCC1CCN(C2CCC2)CC1. The van der Waals surface area contributed by atoms with Crippen molar-refractivity contribution in [2.45, 2.75) is 38.1 Å². The summed E-state index contributed by atoms with van der Waals surface area (Å²) in [6.07, 6.45) is 7.04. The molecule has 0 bridgehead atoms. The topological polar surface area (TPSA) is 29.3 Å². The number of likely N-dealkylation sites (tertiary alicyclic amines) is 1. The normalized spacial score (nSPS) is 28.8. The summed E-state index contributed by atoms with van der Waals surface area (Å²) in [4.78, 5) is 2.68. The Morgan fingerprint density at radius 1 is 1.08 bits per heavy atom. The van der Waals surface area contributed by atoms with E-state index >= 15 is 0 Å². The van der Waals surface area contributed by atoms with E-state index in [4.69, 9.17) is 5.73 Å². The third-order valence-corrected chi connectivity index (χ3v) is 3.57. The lowest BCUT2D eigenvalue weighted by molar-refractivity contribution is 0.0863. The second-order valence-corrected chi connectivity index (χ2v) is 4.30. The van der Waals surface area contributed by atoms with Crippen LogP contribution in [-0.2, 0) is 0 Å². The number of nitrogens with two attached hydrogens (primary N) is 1. The number of piperidine rings is 1. The van der Waals surface area contributed by atoms with E-state index in [1.807, 2.05) is 0 Å². The average molecular weight is 168 g/mol. The van der Waals surface area contributed by atoms with Crippen molar-refractivity contribution in [2.24, 2.45) is 11.7 Å². The molecule has 1 heterocycles. The Morgan fingerprint density at radius 2 is 1.75 bits per heavy atom. The van der Waals surface area contributed by atoms with Crippen molar-refractivity contribution in [1.29, 1.82) is 0 Å². The lowest BCUT2D eigenvalue weighted by Gasteiger charge is -2.41. The summed E-state index contributed by atoms with van der Waals surface area (Å²) in [5, 5.41) is 0. The van der Waals surface area contributed by atoms with Gasteiger partial charge in [0.25, 0.3) is 0 Å². The molecule has 1 saturated heterocycles. The predicted molar refractivity (Wildman–Crippen MR) is 51.0 cm³/mol. The summed E-state index contributed by atoms with van der Waals surface area (Å²) in [5.74, 6) is 0.821. The fraction of sp³-hybridized carbons (Fsp3) is 1.00. The minimum atomic E-state index is 0.821. The summed E-state index contributed by atoms with van der Waals surface area (Å²) in [6, 6.07) is 0.948. The molecule has 0 aromatic rings. The van der Waals surface area contributed by atoms with Crippen LogP contribution in [0.15, 0.2) is 0 Å². The monoisotopic (exact) mass is 168 g/mol. The lowest BCUT2D eigenvalue weighted by atomic mass is 9.88. The molecule has 2 rings (SSSR count). The molecule has 0 amide bonds. The molecule has 2 aliphatic rings. The minimum absolute atomic E-state index is 0.821. The van der Waals surface area contributed by atoms with Gasteiger partial charge in [0.2, 0.25) is 0 Å². The minimum Gasteiger partial charge on any atom is -0.330 e. The smallest absolute Gasteiger partial charge is 0.00952 e. The van der Waals surface area contributed by atoms with Gasteiger partial charge in [-0.05, 0) is 51.2 Å². The molecule has 2 nitrogen and oxygen atoms in total. The molecular formula is C10H20N2. The fourth-order valence-electron chi connectivity index (χ4n) is 2.31. The van der Waals surface area contributed by atoms with Gasteiger partial charge in [0, 0.05) is 6.04 Å². The van der Waals surface area contributed by atoms with Gasteiger partial charge < -0.3 is 10.6 Å². The molecule has 0 aromatic carbocycles. The molecule has 0 atom stereocenters. The Labute approximate surface area is 75.1 Å². The Hall–Kier alpha value is -0.0800. The molecule has 1 aliphatic carbocycles. The fourth-order valence-corrected chi connectivity index (χ4v) is 2.31. The van der Waals surface area contributed by atoms with E-state index in [9.17, 15) is 0 Å². The number of hydrogen-bond donors (Lipinski definition) is 1. The Morgan fingerprint density at radius 3 is 2.17 bits per heavy atom. The number of nitrogens with zero attached hydrogens (tertiary/aromatic N) is 1. The first-order valence-corrected chi connectivity index (χ1v) is 5.34. The summed E-state index contributed by atoms with van der Waals surface area (Å²) >= 11 is 0. The van der Waals surface area contributed by atoms with Crippen molar-refractivity contribution in [1.82, 2.24) is 4.90 Å². The third kappa shape index (κ3) is 1.64. The first kappa shape index (κ1) is 8.52. The Bertz CT molecular complexity index is 135. The van der Waals surface area contributed by atoms with Crippen molar-refractivity contribution in [3.63, 3.8) is 0 Å². The van der Waals surface area contributed by atoms with Crippen molar-refractivity contribution < 1.29 is 0 Å². The summed E-state index contributed by atoms with van der Waals surface area (Å²) in [7, 11) is 0. The molecule has 1 aliphatic heterocycles. The quantitative estimate of drug-likeness (QED) is 0.671. The molecule has 0 unspecified atom stereocenters. The van der Waals surface area contributed by atoms with Crippen LogP contribution in [-0.4, -0.2) is 30.6 Å². The van der Waals surface area contributed by atoms with E-state index < -0.39 is 0 Å². The largest absolute Gasteiger partial charge is 0.330 e. The standard InChI is InChI=1S/C10H20N2/c11-8-9-4-6-12(7-5-9)10-2-1-3-10/h9-10H,1-8,11H2. The lowest BCUT2D eigenvalue weighted by Crippen LogP contribution is -2.45. The van der Waals surface area contributed by atoms with E-state index in [0.29, 0.717) is 0 Å². The molecule has 0 radical (unpaired) electrons. The zero-order valence-corrected chi connectivity index (χ0v) is 7.84. The van der Waals surface area contributed by atoms with Crippen LogP contribution in [0.3, 0.4) is 0 Å². The van der Waals surface area contributed by atoms with Gasteiger partial charge in [0.15, 0.2) is 0 Å². The van der Waals surface area contributed by atoms with Gasteiger partial charge >= 0.3 is 0 Å². The van der Waals surface area contributed by atoms with Crippen molar-refractivity contribution in [2.75, 3.05) is 19.6 Å². The van der Waals surface area contributed by atoms with E-state index in [1.165, 1.54) is 45.2 Å². The Kier molecular flexibility index (Phi) is 2.66. The maximum atomic E-state index is 5.65. The van der Waals surface area contributed by atoms with Crippen LogP contribution in [0.25, 0.3) is 0 Å². The highest BCUT2D eigenvalue weighted by Crippen LogP contribution is 2.28. The van der Waals surface area contributed by atoms with Gasteiger partial charge in [-0.2, -0.15) is 0 Å². The second-order valence-electron chi connectivity index (χ2n) is 4.30. The second kappa shape index (κ2) is 3.75. The van der Waals surface area contributed by atoms with E-state index in [1.54, 1.807) is 0 Å². The van der Waals surface area contributed by atoms with Gasteiger partial charge in [-0.1, -0.05) is 6.42 Å². The van der Waals surface area contributed by atoms with Crippen LogP contribution in [0, 0.1) is 5.92 Å². The molecule has 70 valence electrons. The summed E-state index contributed by atoms with van der Waals surface area (Å²) in [6.45, 7) is 3.53. The number of rotatable bonds is 2.